The molecule has 1 amide bonds. The van der Waals surface area contributed by atoms with Crippen LogP contribution in [-0.4, -0.2) is 35.4 Å². The van der Waals surface area contributed by atoms with Gasteiger partial charge in [-0.05, 0) is 42.3 Å². The topological polar surface area (TPSA) is 62.4 Å². The maximum absolute atomic E-state index is 13.9. The van der Waals surface area contributed by atoms with Gasteiger partial charge in [-0.2, -0.15) is 0 Å². The van der Waals surface area contributed by atoms with Crippen LogP contribution in [0.3, 0.4) is 0 Å². The Morgan fingerprint density at radius 3 is 2.66 bits per heavy atom. The molecule has 0 aliphatic carbocycles. The van der Waals surface area contributed by atoms with Crippen molar-refractivity contribution in [2.75, 3.05) is 13.7 Å². The number of aryl methyl sites for hydroxylation is 1. The van der Waals surface area contributed by atoms with Gasteiger partial charge in [0.25, 0.3) is 5.91 Å². The number of methoxy groups -OCH3 is 1. The molecule has 0 radical (unpaired) electrons. The lowest BCUT2D eigenvalue weighted by atomic mass is 9.91. The Kier molecular flexibility index (Phi) is 5.00. The largest absolute Gasteiger partial charge is 0.468 e. The van der Waals surface area contributed by atoms with Crippen LogP contribution in [0, 0.1) is 12.7 Å². The number of esters is 1. The molecule has 0 saturated heterocycles. The van der Waals surface area contributed by atoms with Crippen LogP contribution in [0.2, 0.25) is 10.0 Å². The average molecular weight is 435 g/mol. The van der Waals surface area contributed by atoms with E-state index in [2.05, 4.69) is 4.98 Å². The number of nitrogens with one attached hydrogen (secondary N) is 1. The van der Waals surface area contributed by atoms with E-state index in [0.717, 1.165) is 5.56 Å². The molecule has 8 heteroatoms. The Hall–Kier alpha value is -2.57. The number of aromatic amines is 1. The van der Waals surface area contributed by atoms with E-state index in [4.69, 9.17) is 27.9 Å². The molecule has 0 bridgehead atoms. The van der Waals surface area contributed by atoms with Crippen LogP contribution in [0.25, 0.3) is 10.9 Å². The third-order valence-corrected chi connectivity index (χ3v) is 5.95. The van der Waals surface area contributed by atoms with Gasteiger partial charge in [-0.1, -0.05) is 29.3 Å². The maximum Gasteiger partial charge on any atom is 0.315 e. The van der Waals surface area contributed by atoms with E-state index >= 15 is 0 Å². The summed E-state index contributed by atoms with van der Waals surface area (Å²) in [5.41, 5.74) is 3.14. The number of benzene rings is 2. The minimum Gasteiger partial charge on any atom is -0.468 e. The number of amides is 1. The fraction of sp³-hybridized carbons (Fsp3) is 0.238. The van der Waals surface area contributed by atoms with Gasteiger partial charge in [-0.15, -0.1) is 0 Å². The zero-order valence-electron chi connectivity index (χ0n) is 15.7. The van der Waals surface area contributed by atoms with Gasteiger partial charge in [0.2, 0.25) is 0 Å². The van der Waals surface area contributed by atoms with Gasteiger partial charge in [0.1, 0.15) is 11.7 Å². The smallest absolute Gasteiger partial charge is 0.315 e. The number of hydrogen-bond acceptors (Lipinski definition) is 3. The van der Waals surface area contributed by atoms with Crippen LogP contribution in [0.15, 0.2) is 30.3 Å². The van der Waals surface area contributed by atoms with Crippen molar-refractivity contribution < 1.29 is 18.7 Å². The number of aromatic nitrogens is 1. The van der Waals surface area contributed by atoms with Gasteiger partial charge in [-0.3, -0.25) is 9.59 Å². The van der Waals surface area contributed by atoms with E-state index < -0.39 is 17.7 Å². The second kappa shape index (κ2) is 7.35. The third-order valence-electron chi connectivity index (χ3n) is 5.25. The lowest BCUT2D eigenvalue weighted by Gasteiger charge is -2.32. The van der Waals surface area contributed by atoms with E-state index in [-0.39, 0.29) is 24.0 Å². The molecule has 1 unspecified atom stereocenters. The quantitative estimate of drug-likeness (QED) is 0.587. The summed E-state index contributed by atoms with van der Waals surface area (Å²) in [6.45, 7) is 2.22. The first kappa shape index (κ1) is 19.7. The standard InChI is InChI=1S/C21H17Cl2FN2O3/c1-10-3-4-11(5-14(10)22)20(27)26-8-13(21(28)29-2)19-12-6-15(23)16(24)7-17(12)25-18(19)9-26/h3-7,13,25H,8-9H2,1-2H3. The Bertz CT molecular complexity index is 1160. The molecule has 4 rings (SSSR count). The molecular weight excluding hydrogens is 418 g/mol. The van der Waals surface area contributed by atoms with Crippen LogP contribution in [0.5, 0.6) is 0 Å². The molecule has 1 N–H and O–H groups in total. The summed E-state index contributed by atoms with van der Waals surface area (Å²) in [6, 6.07) is 7.87. The first-order chi connectivity index (χ1) is 13.8. The van der Waals surface area contributed by atoms with E-state index in [9.17, 15) is 14.0 Å². The SMILES string of the molecule is COC(=O)C1CN(C(=O)c2ccc(C)c(Cl)c2)Cc2[nH]c3cc(F)c(Cl)cc3c21. The molecule has 5 nitrogen and oxygen atoms in total. The second-order valence-corrected chi connectivity index (χ2v) is 7.87. The zero-order valence-corrected chi connectivity index (χ0v) is 17.2. The number of halogens is 3. The van der Waals surface area contributed by atoms with E-state index in [1.807, 2.05) is 6.92 Å². The fourth-order valence-corrected chi connectivity index (χ4v) is 4.10. The van der Waals surface area contributed by atoms with Crippen molar-refractivity contribution in [1.29, 1.82) is 0 Å². The third kappa shape index (κ3) is 3.36. The van der Waals surface area contributed by atoms with Crippen LogP contribution in [-0.2, 0) is 16.1 Å². The second-order valence-electron chi connectivity index (χ2n) is 7.05. The Morgan fingerprint density at radius 2 is 1.97 bits per heavy atom. The highest BCUT2D eigenvalue weighted by molar-refractivity contribution is 6.32. The number of carbonyl (C=O) groups is 2. The van der Waals surface area contributed by atoms with Crippen molar-refractivity contribution in [1.82, 2.24) is 9.88 Å². The molecule has 0 spiro atoms. The highest BCUT2D eigenvalue weighted by Crippen LogP contribution is 2.37. The molecule has 2 heterocycles. The fourth-order valence-electron chi connectivity index (χ4n) is 3.75. The van der Waals surface area contributed by atoms with Crippen molar-refractivity contribution in [2.24, 2.45) is 0 Å². The number of hydrogen-bond donors (Lipinski definition) is 1. The van der Waals surface area contributed by atoms with E-state index in [1.165, 1.54) is 19.2 Å². The summed E-state index contributed by atoms with van der Waals surface area (Å²) in [4.78, 5) is 30.3. The summed E-state index contributed by atoms with van der Waals surface area (Å²) < 4.78 is 18.9. The number of nitrogens with zero attached hydrogens (tertiary/aromatic N) is 1. The number of carbonyl (C=O) groups excluding carboxylic acids is 2. The zero-order chi connectivity index (χ0) is 20.9. The molecule has 0 fully saturated rings. The van der Waals surface area contributed by atoms with E-state index in [0.29, 0.717) is 32.7 Å². The van der Waals surface area contributed by atoms with Crippen molar-refractivity contribution in [3.8, 4) is 0 Å². The molecule has 0 saturated carbocycles. The highest BCUT2D eigenvalue weighted by Gasteiger charge is 2.36. The van der Waals surface area contributed by atoms with Gasteiger partial charge in [0.15, 0.2) is 0 Å². The monoisotopic (exact) mass is 434 g/mol. The predicted octanol–water partition coefficient (Wildman–Crippen LogP) is 4.83. The Balaban J connectivity index is 1.79. The van der Waals surface area contributed by atoms with Gasteiger partial charge >= 0.3 is 5.97 Å². The van der Waals surface area contributed by atoms with Crippen LogP contribution < -0.4 is 0 Å². The minimum atomic E-state index is -0.719. The molecule has 3 aromatic rings. The lowest BCUT2D eigenvalue weighted by molar-refractivity contribution is -0.143. The first-order valence-electron chi connectivity index (χ1n) is 8.93. The average Bonchev–Trinajstić information content (AvgIpc) is 3.05. The van der Waals surface area contributed by atoms with Gasteiger partial charge in [0.05, 0.1) is 18.7 Å². The summed E-state index contributed by atoms with van der Waals surface area (Å²) in [7, 11) is 1.30. The molecule has 1 aromatic heterocycles. The number of H-pyrrole nitrogens is 1. The summed E-state index contributed by atoms with van der Waals surface area (Å²) >= 11 is 12.1. The van der Waals surface area contributed by atoms with Gasteiger partial charge < -0.3 is 14.6 Å². The molecule has 2 aromatic carbocycles. The molecule has 1 atom stereocenters. The summed E-state index contributed by atoms with van der Waals surface area (Å²) in [5.74, 6) is -2.01. The van der Waals surface area contributed by atoms with E-state index in [1.54, 1.807) is 23.1 Å². The van der Waals surface area contributed by atoms with Crippen molar-refractivity contribution in [3.63, 3.8) is 0 Å². The molecular formula is C21H17Cl2FN2O3. The van der Waals surface area contributed by atoms with Gasteiger partial charge in [0, 0.05) is 33.7 Å². The molecule has 1 aliphatic heterocycles. The van der Waals surface area contributed by atoms with Crippen LogP contribution >= 0.6 is 23.2 Å². The number of fused-ring (bicyclic) bond motifs is 3. The van der Waals surface area contributed by atoms with Crippen LogP contribution in [0.4, 0.5) is 4.39 Å². The Labute approximate surface area is 176 Å². The number of ether oxygens (including phenoxy) is 1. The van der Waals surface area contributed by atoms with Crippen molar-refractivity contribution in [3.05, 3.63) is 68.6 Å². The lowest BCUT2D eigenvalue weighted by Crippen LogP contribution is -2.40. The van der Waals surface area contributed by atoms with Gasteiger partial charge in [-0.25, -0.2) is 4.39 Å². The highest BCUT2D eigenvalue weighted by atomic mass is 35.5. The first-order valence-corrected chi connectivity index (χ1v) is 9.68. The molecule has 150 valence electrons. The van der Waals surface area contributed by atoms with Crippen molar-refractivity contribution >= 4 is 46.0 Å². The predicted molar refractivity (Wildman–Crippen MR) is 109 cm³/mol. The van der Waals surface area contributed by atoms with Crippen LogP contribution in [0.1, 0.15) is 33.1 Å². The molecule has 29 heavy (non-hydrogen) atoms. The number of rotatable bonds is 2. The summed E-state index contributed by atoms with van der Waals surface area (Å²) in [6.07, 6.45) is 0. The summed E-state index contributed by atoms with van der Waals surface area (Å²) in [5, 5.41) is 1.11. The minimum absolute atomic E-state index is 0.0317. The maximum atomic E-state index is 13.9. The molecule has 1 aliphatic rings. The Morgan fingerprint density at radius 1 is 1.21 bits per heavy atom. The normalized spacial score (nSPS) is 16.0. The van der Waals surface area contributed by atoms with Crippen molar-refractivity contribution in [2.45, 2.75) is 19.4 Å².